The summed E-state index contributed by atoms with van der Waals surface area (Å²) in [4.78, 5) is 160. The Morgan fingerprint density at radius 1 is 0.504 bits per heavy atom. The highest BCUT2D eigenvalue weighted by molar-refractivity contribution is 7.89. The Hall–Kier alpha value is -9.43. The van der Waals surface area contributed by atoms with Crippen molar-refractivity contribution in [2.45, 2.75) is 303 Å². The number of aliphatic hydroxyl groups excluding tert-OH is 2. The molecule has 2 saturated heterocycles. The largest absolute Gasteiger partial charge is 0.480 e. The predicted molar refractivity (Wildman–Crippen MR) is 468 cm³/mol. The third-order valence-corrected chi connectivity index (χ3v) is 25.5. The molecule has 0 spiro atoms. The number of sulfonamides is 2. The van der Waals surface area contributed by atoms with Crippen molar-refractivity contribution in [2.24, 2.45) is 17.6 Å². The number of fused-ring (bicyclic) bond motifs is 20. The van der Waals surface area contributed by atoms with Gasteiger partial charge in [0.2, 0.25) is 61.4 Å². The normalized spacial score (nSPS) is 22.3. The van der Waals surface area contributed by atoms with Crippen molar-refractivity contribution in [3.05, 3.63) is 131 Å². The lowest BCUT2D eigenvalue weighted by Crippen LogP contribution is -2.58. The fourth-order valence-electron chi connectivity index (χ4n) is 16.1. The van der Waals surface area contributed by atoms with Gasteiger partial charge in [-0.05, 0) is 190 Å². The number of rotatable bonds is 23. The summed E-state index contributed by atoms with van der Waals surface area (Å²) in [5, 5.41) is 49.5. The summed E-state index contributed by atoms with van der Waals surface area (Å²) in [7, 11) is -7.94. The van der Waals surface area contributed by atoms with Gasteiger partial charge < -0.3 is 77.5 Å². The van der Waals surface area contributed by atoms with Gasteiger partial charge in [-0.3, -0.25) is 43.2 Å². The quantitative estimate of drug-likeness (QED) is 0.0330. The molecule has 687 valence electrons. The van der Waals surface area contributed by atoms with Crippen LogP contribution in [0.4, 0.5) is 0 Å². The van der Waals surface area contributed by atoms with E-state index in [1.54, 1.807) is 133 Å². The third kappa shape index (κ3) is 32.1. The molecule has 4 aromatic carbocycles. The minimum absolute atomic E-state index is 0. The molecular weight excluding hydrogens is 1670 g/mol. The number of aliphatic carboxylic acids is 1. The first-order chi connectivity index (χ1) is 58.2. The van der Waals surface area contributed by atoms with Crippen LogP contribution in [0.5, 0.6) is 0 Å². The first kappa shape index (κ1) is 104. The molecule has 9 amide bonds. The minimum Gasteiger partial charge on any atom is -0.480 e. The molecule has 12 rings (SSSR count). The molecule has 125 heavy (non-hydrogen) atoms. The molecule has 33 nitrogen and oxygen atoms in total. The van der Waals surface area contributed by atoms with E-state index in [-0.39, 0.29) is 99.5 Å². The Bertz CT molecular complexity index is 4500. The highest BCUT2D eigenvalue weighted by Gasteiger charge is 2.48. The van der Waals surface area contributed by atoms with Gasteiger partial charge in [0.05, 0.1) is 28.9 Å². The molecule has 0 aromatic heterocycles. The number of nitrogens with zero attached hydrogens (tertiary/aromatic N) is 2. The monoisotopic (exact) mass is 1800 g/mol. The van der Waals surface area contributed by atoms with Crippen molar-refractivity contribution in [3.63, 3.8) is 0 Å². The number of carbonyl (C=O) groups is 12. The average Bonchev–Trinajstić information content (AvgIpc) is 1.63. The van der Waals surface area contributed by atoms with Gasteiger partial charge >= 0.3 is 17.9 Å². The smallest absolute Gasteiger partial charge is 0.333 e. The van der Waals surface area contributed by atoms with Gasteiger partial charge in [0.1, 0.15) is 41.5 Å². The maximum atomic E-state index is 14.6. The maximum absolute atomic E-state index is 14.6. The molecule has 2 saturated carbocycles. The van der Waals surface area contributed by atoms with Gasteiger partial charge in [0.25, 0.3) is 11.8 Å². The van der Waals surface area contributed by atoms with E-state index < -0.39 is 176 Å². The number of esters is 2. The third-order valence-electron chi connectivity index (χ3n) is 22.4. The number of halogens is 1. The second kappa shape index (κ2) is 49.1. The van der Waals surface area contributed by atoms with Crippen LogP contribution in [0.2, 0.25) is 0 Å². The first-order valence-corrected chi connectivity index (χ1v) is 46.0. The number of carbonyl (C=O) groups excluding carboxylic acids is 11. The topological polar surface area (TPSA) is 493 Å². The van der Waals surface area contributed by atoms with E-state index in [0.29, 0.717) is 62.5 Å². The van der Waals surface area contributed by atoms with Crippen LogP contribution in [-0.2, 0) is 99.9 Å². The van der Waals surface area contributed by atoms with Crippen molar-refractivity contribution in [2.75, 3.05) is 26.2 Å². The summed E-state index contributed by atoms with van der Waals surface area (Å²) in [5.41, 5.74) is 7.09. The van der Waals surface area contributed by atoms with Crippen LogP contribution in [-0.4, -0.2) is 219 Å². The summed E-state index contributed by atoms with van der Waals surface area (Å²) in [6.07, 6.45) is 11.7. The van der Waals surface area contributed by atoms with Gasteiger partial charge in [-0.2, -0.15) is 0 Å². The van der Waals surface area contributed by atoms with E-state index >= 15 is 0 Å². The van der Waals surface area contributed by atoms with E-state index in [1.807, 2.05) is 6.92 Å². The average molecular weight is 1800 g/mol. The Labute approximate surface area is 741 Å². The van der Waals surface area contributed by atoms with Crippen LogP contribution in [0.1, 0.15) is 231 Å². The van der Waals surface area contributed by atoms with Crippen LogP contribution in [0, 0.1) is 11.8 Å². The van der Waals surface area contributed by atoms with Gasteiger partial charge in [-0.1, -0.05) is 150 Å². The molecule has 6 aliphatic heterocycles. The molecule has 14 N–H and O–H groups in total. The molecule has 3 radical (unpaired) electrons. The zero-order valence-corrected chi connectivity index (χ0v) is 75.2. The lowest BCUT2D eigenvalue weighted by molar-refractivity contribution is -0.159. The predicted octanol–water partition coefficient (Wildman–Crippen LogP) is 5.33. The number of carboxylic acids is 1. The van der Waals surface area contributed by atoms with Crippen LogP contribution in [0.25, 0.3) is 0 Å². The first-order valence-electron chi connectivity index (χ1n) is 43.0. The zero-order valence-electron chi connectivity index (χ0n) is 72.7. The van der Waals surface area contributed by atoms with Gasteiger partial charge in [-0.25, -0.2) is 40.7 Å². The fourth-order valence-corrected chi connectivity index (χ4v) is 18.6. The molecular formula is C88H127BClN12O21S2. The Kier molecular flexibility index (Phi) is 41.0. The summed E-state index contributed by atoms with van der Waals surface area (Å²) in [6.45, 7) is 12.7. The number of aliphatic hydroxyl groups is 2. The highest BCUT2D eigenvalue weighted by atomic mass is 35.5. The number of carboxylic acid groups (broad SMARTS) is 1. The number of nitrogens with one attached hydrogen (secondary N) is 9. The van der Waals surface area contributed by atoms with Gasteiger partial charge in [0.15, 0.2) is 18.2 Å². The standard InChI is InChI=1S/C44H62N6O10S.C24H33N3O6S.C20H31N3O5.B.ClH/c1-5-14-33(39(53)41(55)45-26-36(52)48-38(30-18-10-7-11-19-30)43(57)60-44(2,3)4)46-40(54)34-25-31-27-50(34)42(56)37(29-16-8-6-9-17-29)47-35(51)20-13-12-15-28-21-23-32(24-22-28)61(58,59)49-31;28-21-9-5-4-6-16-10-12-19(13-11-16)34(32,33)26-18-14-20(24(30)31)27(15-18)23(29)22(25-21)17-7-2-1-3-8-17;1-5-9-14(21)17(25)18(26)22-12-15(24)23-16(13-10-7-6-8-11-13)19(27)28-20(2,3)4;;/h7,10-11,18-19,21-24,29,31,33-34,37-39,49,53H,5-6,8-9,12-17,20,25-27H2,1-4H3,(H,45,55)(H,46,54)(H,47,51)(H,48,52);10-13,17-18,20,22,26H,1-9,14-15H2,(H,25,28)(H,30,31);6-8,10-11,14,16-17,25H,5,9,12,21H2,1-4H3,(H,22,26)(H,23,24);;1H/t31-,33?,34?,37?,38+,39?;18-,20?,22?;14?,16-,17?;;/m110../s1. The summed E-state index contributed by atoms with van der Waals surface area (Å²) >= 11 is 0. The Morgan fingerprint density at radius 2 is 0.872 bits per heavy atom. The number of hydrogen-bond donors (Lipinski definition) is 13. The molecule has 4 fully saturated rings. The molecule has 2 aliphatic carbocycles. The Balaban J connectivity index is 0.000000318. The molecule has 12 atom stereocenters. The molecule has 8 bridgehead atoms. The second-order valence-corrected chi connectivity index (χ2v) is 38.0. The van der Waals surface area contributed by atoms with Crippen LogP contribution < -0.4 is 52.4 Å². The molecule has 4 aromatic rings. The number of hydrogen-bond acceptors (Lipinski definition) is 21. The van der Waals surface area contributed by atoms with Crippen LogP contribution in [0.15, 0.2) is 119 Å². The van der Waals surface area contributed by atoms with E-state index in [2.05, 4.69) is 46.7 Å². The molecule has 6 heterocycles. The van der Waals surface area contributed by atoms with E-state index in [9.17, 15) is 89.7 Å². The van der Waals surface area contributed by atoms with E-state index in [1.165, 1.54) is 34.1 Å². The SMILES string of the molecule is CCCC(N)C(O)C(=O)NCC(=O)N[C@H](C(=O)OC(C)(C)C)c1ccccc1.CCCC(NC(=O)C1C[C@@H]2CN1C(=O)C(C1CCCCC1)NC(=O)CCCCc1ccc(cc1)S(=O)(=O)N2)C(O)C(=O)NCC(=O)N[C@H](C(=O)OC(C)(C)C)c1ccccc1.Cl.O=C1CCCCc2ccc(cc2)S(=O)(=O)N[C@@H]2CC(C(=O)O)N(C2)C(=O)C(C2CCCCC2)N1.[B]. The van der Waals surface area contributed by atoms with Gasteiger partial charge in [0, 0.05) is 52.5 Å². The fraction of sp³-hybridized carbons (Fsp3) is 0.591. The van der Waals surface area contributed by atoms with Crippen molar-refractivity contribution in [3.8, 4) is 0 Å². The Morgan fingerprint density at radius 3 is 1.25 bits per heavy atom. The number of benzene rings is 4. The number of amides is 9. The van der Waals surface area contributed by atoms with E-state index in [0.717, 1.165) is 81.8 Å². The lowest BCUT2D eigenvalue weighted by atomic mass is 9.83. The van der Waals surface area contributed by atoms with Gasteiger partial charge in [-0.15, -0.1) is 12.4 Å². The van der Waals surface area contributed by atoms with Crippen molar-refractivity contribution in [1.29, 1.82) is 0 Å². The van der Waals surface area contributed by atoms with Crippen LogP contribution >= 0.6 is 12.4 Å². The van der Waals surface area contributed by atoms with E-state index in [4.69, 9.17) is 15.2 Å². The van der Waals surface area contributed by atoms with Crippen molar-refractivity contribution < 1.29 is 99.2 Å². The lowest BCUT2D eigenvalue weighted by Gasteiger charge is -2.35. The molecule has 8 unspecified atom stereocenters. The summed E-state index contributed by atoms with van der Waals surface area (Å²) in [5.74, 6) is -7.85. The zero-order chi connectivity index (χ0) is 89.9. The number of nitrogens with two attached hydrogens (primary N) is 1. The minimum atomic E-state index is -4.07. The number of ether oxygens (including phenoxy) is 2. The molecule has 8 aliphatic rings. The van der Waals surface area contributed by atoms with Crippen molar-refractivity contribution >= 4 is 112 Å². The maximum Gasteiger partial charge on any atom is 0.333 e. The highest BCUT2D eigenvalue weighted by Crippen LogP contribution is 2.34. The summed E-state index contributed by atoms with van der Waals surface area (Å²) in [6, 6.07) is 20.5. The van der Waals surface area contributed by atoms with Crippen molar-refractivity contribution in [1.82, 2.24) is 56.5 Å². The molecule has 37 heteroatoms. The number of aryl methyl sites for hydroxylation is 2. The van der Waals surface area contributed by atoms with Crippen LogP contribution in [0.3, 0.4) is 0 Å². The summed E-state index contributed by atoms with van der Waals surface area (Å²) < 4.78 is 69.3. The second-order valence-electron chi connectivity index (χ2n) is 34.6.